The molecule has 4 rings (SSSR count). The van der Waals surface area contributed by atoms with Gasteiger partial charge in [0, 0.05) is 17.7 Å². The maximum Gasteiger partial charge on any atom is 0.324 e. The molecule has 168 valence electrons. The predicted molar refractivity (Wildman–Crippen MR) is 118 cm³/mol. The quantitative estimate of drug-likeness (QED) is 0.467. The molecule has 2 aliphatic rings. The van der Waals surface area contributed by atoms with Gasteiger partial charge in [-0.15, -0.1) is 0 Å². The van der Waals surface area contributed by atoms with Gasteiger partial charge in [0.05, 0.1) is 18.4 Å². The van der Waals surface area contributed by atoms with Crippen LogP contribution in [0.25, 0.3) is 0 Å². The summed E-state index contributed by atoms with van der Waals surface area (Å²) in [6.07, 6.45) is 1.98. The number of hydrogen-bond donors (Lipinski definition) is 4. The highest BCUT2D eigenvalue weighted by atomic mass is 32.2. The van der Waals surface area contributed by atoms with Crippen LogP contribution in [0.1, 0.15) is 23.6 Å². The van der Waals surface area contributed by atoms with Crippen LogP contribution in [-0.2, 0) is 20.9 Å². The van der Waals surface area contributed by atoms with Gasteiger partial charge in [-0.05, 0) is 30.1 Å². The standard InChI is InChI=1S/C23H24N2O6S/c1-32-10-9-23(22(30)31)18-17(19(24-23)15-8-7-14(26)11-16(15)27)20(28)25(21(18)29)12-13-5-3-2-4-6-13/h2-8,11,17-19,24,26-27H,9-10,12H2,1H3,(H,30,31)/t17-,18+,19+,23-/m0/s1. The fourth-order valence-electron chi connectivity index (χ4n) is 4.84. The predicted octanol–water partition coefficient (Wildman–Crippen LogP) is 2.12. The third-order valence-electron chi connectivity index (χ3n) is 6.36. The first kappa shape index (κ1) is 22.2. The zero-order chi connectivity index (χ0) is 23.0. The molecule has 0 unspecified atom stereocenters. The van der Waals surface area contributed by atoms with E-state index in [1.165, 1.54) is 23.9 Å². The van der Waals surface area contributed by atoms with E-state index in [1.807, 2.05) is 12.3 Å². The molecule has 32 heavy (non-hydrogen) atoms. The van der Waals surface area contributed by atoms with Crippen LogP contribution < -0.4 is 5.32 Å². The number of benzene rings is 2. The second-order valence-corrected chi connectivity index (χ2v) is 9.12. The molecule has 0 aliphatic carbocycles. The number of fused-ring (bicyclic) bond motifs is 1. The van der Waals surface area contributed by atoms with Crippen LogP contribution in [0.15, 0.2) is 48.5 Å². The summed E-state index contributed by atoms with van der Waals surface area (Å²) < 4.78 is 0. The zero-order valence-electron chi connectivity index (χ0n) is 17.4. The first-order chi connectivity index (χ1) is 15.3. The molecule has 2 amide bonds. The van der Waals surface area contributed by atoms with Gasteiger partial charge in [-0.2, -0.15) is 11.8 Å². The van der Waals surface area contributed by atoms with Gasteiger partial charge in [0.1, 0.15) is 17.0 Å². The molecule has 4 N–H and O–H groups in total. The van der Waals surface area contributed by atoms with Crippen LogP contribution in [0.4, 0.5) is 0 Å². The Bertz CT molecular complexity index is 1060. The Morgan fingerprint density at radius 2 is 1.84 bits per heavy atom. The molecule has 0 aromatic heterocycles. The van der Waals surface area contributed by atoms with Gasteiger partial charge in [0.2, 0.25) is 11.8 Å². The lowest BCUT2D eigenvalue weighted by Crippen LogP contribution is -2.56. The molecule has 8 nitrogen and oxygen atoms in total. The molecule has 0 saturated carbocycles. The fourth-order valence-corrected chi connectivity index (χ4v) is 5.37. The van der Waals surface area contributed by atoms with Crippen LogP contribution in [0, 0.1) is 11.8 Å². The van der Waals surface area contributed by atoms with Crippen LogP contribution in [0.5, 0.6) is 11.5 Å². The number of hydrogen-bond acceptors (Lipinski definition) is 7. The van der Waals surface area contributed by atoms with Crippen LogP contribution >= 0.6 is 11.8 Å². The van der Waals surface area contributed by atoms with E-state index in [0.717, 1.165) is 16.5 Å². The summed E-state index contributed by atoms with van der Waals surface area (Å²) in [5.41, 5.74) is -0.620. The van der Waals surface area contributed by atoms with Gasteiger partial charge >= 0.3 is 5.97 Å². The normalized spacial score (nSPS) is 27.0. The highest BCUT2D eigenvalue weighted by Crippen LogP contribution is 2.52. The molecule has 0 radical (unpaired) electrons. The number of carboxylic acid groups (broad SMARTS) is 1. The minimum Gasteiger partial charge on any atom is -0.508 e. The van der Waals surface area contributed by atoms with Crippen molar-refractivity contribution in [3.8, 4) is 11.5 Å². The third kappa shape index (κ3) is 3.51. The summed E-state index contributed by atoms with van der Waals surface area (Å²) >= 11 is 1.45. The number of carbonyl (C=O) groups is 3. The van der Waals surface area contributed by atoms with Crippen molar-refractivity contribution in [3.63, 3.8) is 0 Å². The van der Waals surface area contributed by atoms with E-state index in [1.54, 1.807) is 24.3 Å². The van der Waals surface area contributed by atoms with Crippen molar-refractivity contribution in [1.82, 2.24) is 10.2 Å². The molecule has 9 heteroatoms. The largest absolute Gasteiger partial charge is 0.508 e. The van der Waals surface area contributed by atoms with Gasteiger partial charge in [0.15, 0.2) is 0 Å². The van der Waals surface area contributed by atoms with Crippen molar-refractivity contribution in [2.24, 2.45) is 11.8 Å². The van der Waals surface area contributed by atoms with Crippen molar-refractivity contribution < 1.29 is 29.7 Å². The summed E-state index contributed by atoms with van der Waals surface area (Å²) in [5.74, 6) is -4.26. The molecule has 4 atom stereocenters. The maximum absolute atomic E-state index is 13.5. The smallest absolute Gasteiger partial charge is 0.324 e. The highest BCUT2D eigenvalue weighted by molar-refractivity contribution is 7.98. The highest BCUT2D eigenvalue weighted by Gasteiger charge is 2.68. The number of carbonyl (C=O) groups excluding carboxylic acids is 2. The van der Waals surface area contributed by atoms with E-state index in [2.05, 4.69) is 5.32 Å². The Morgan fingerprint density at radius 3 is 2.47 bits per heavy atom. The summed E-state index contributed by atoms with van der Waals surface area (Å²) in [5, 5.41) is 33.4. The number of nitrogens with zero attached hydrogens (tertiary/aromatic N) is 1. The first-order valence-electron chi connectivity index (χ1n) is 10.2. The number of phenols is 2. The Balaban J connectivity index is 1.80. The summed E-state index contributed by atoms with van der Waals surface area (Å²) in [7, 11) is 0. The minimum absolute atomic E-state index is 0.0536. The molecule has 0 spiro atoms. The average molecular weight is 457 g/mol. The molecule has 2 aliphatic heterocycles. The van der Waals surface area contributed by atoms with E-state index in [4.69, 9.17) is 0 Å². The number of likely N-dealkylation sites (tertiary alicyclic amines) is 1. The Hall–Kier alpha value is -3.04. The molecular formula is C23H24N2O6S. The van der Waals surface area contributed by atoms with Gasteiger partial charge in [-0.1, -0.05) is 36.4 Å². The molecule has 2 aromatic carbocycles. The lowest BCUT2D eigenvalue weighted by molar-refractivity contribution is -0.151. The first-order valence-corrected chi connectivity index (χ1v) is 11.6. The van der Waals surface area contributed by atoms with Gasteiger partial charge in [-0.25, -0.2) is 0 Å². The third-order valence-corrected chi connectivity index (χ3v) is 6.97. The molecule has 2 fully saturated rings. The number of amides is 2. The number of imide groups is 1. The second-order valence-electron chi connectivity index (χ2n) is 8.14. The molecule has 2 saturated heterocycles. The Kier molecular flexibility index (Phi) is 5.87. The lowest BCUT2D eigenvalue weighted by atomic mass is 9.78. The number of phenolic OH excluding ortho intramolecular Hbond substituents is 2. The molecule has 2 heterocycles. The maximum atomic E-state index is 13.5. The van der Waals surface area contributed by atoms with Crippen molar-refractivity contribution in [1.29, 1.82) is 0 Å². The van der Waals surface area contributed by atoms with Crippen LogP contribution in [0.2, 0.25) is 0 Å². The topological polar surface area (TPSA) is 127 Å². The van der Waals surface area contributed by atoms with Crippen LogP contribution in [0.3, 0.4) is 0 Å². The van der Waals surface area contributed by atoms with E-state index in [-0.39, 0.29) is 30.0 Å². The number of aliphatic carboxylic acids is 1. The Morgan fingerprint density at radius 1 is 1.12 bits per heavy atom. The number of thioether (sulfide) groups is 1. The van der Waals surface area contributed by atoms with E-state index in [9.17, 15) is 29.7 Å². The SMILES string of the molecule is CSCC[C@]1(C(=O)O)N[C@H](c2ccc(O)cc2O)[C@H]2C(=O)N(Cc3ccccc3)C(=O)[C@@H]21. The van der Waals surface area contributed by atoms with E-state index < -0.39 is 41.2 Å². The summed E-state index contributed by atoms with van der Waals surface area (Å²) in [6, 6.07) is 12.1. The zero-order valence-corrected chi connectivity index (χ0v) is 18.2. The number of nitrogens with one attached hydrogen (secondary N) is 1. The fraction of sp³-hybridized carbons (Fsp3) is 0.348. The van der Waals surface area contributed by atoms with Crippen molar-refractivity contribution >= 4 is 29.5 Å². The average Bonchev–Trinajstić information content (AvgIpc) is 3.23. The number of carboxylic acids is 1. The summed E-state index contributed by atoms with van der Waals surface area (Å²) in [6.45, 7) is 0.0536. The molecule has 0 bridgehead atoms. The van der Waals surface area contributed by atoms with Crippen molar-refractivity contribution in [2.45, 2.75) is 24.5 Å². The minimum atomic E-state index is -1.65. The van der Waals surface area contributed by atoms with Gasteiger partial charge in [0.25, 0.3) is 0 Å². The van der Waals surface area contributed by atoms with E-state index >= 15 is 0 Å². The van der Waals surface area contributed by atoms with Gasteiger partial charge < -0.3 is 15.3 Å². The molecule has 2 aromatic rings. The van der Waals surface area contributed by atoms with Crippen molar-refractivity contribution in [2.75, 3.05) is 12.0 Å². The second kappa shape index (κ2) is 8.48. The lowest BCUT2D eigenvalue weighted by Gasteiger charge is -2.31. The Labute approximate surface area is 189 Å². The monoisotopic (exact) mass is 456 g/mol. The summed E-state index contributed by atoms with van der Waals surface area (Å²) in [4.78, 5) is 40.7. The number of rotatable bonds is 7. The van der Waals surface area contributed by atoms with Crippen molar-refractivity contribution in [3.05, 3.63) is 59.7 Å². The van der Waals surface area contributed by atoms with Gasteiger partial charge in [-0.3, -0.25) is 24.6 Å². The number of aromatic hydroxyl groups is 2. The molecular weight excluding hydrogens is 432 g/mol. The van der Waals surface area contributed by atoms with Crippen LogP contribution in [-0.4, -0.2) is 55.6 Å². The van der Waals surface area contributed by atoms with E-state index in [0.29, 0.717) is 5.75 Å².